The van der Waals surface area contributed by atoms with Crippen LogP contribution in [0.4, 0.5) is 4.79 Å². The molecule has 1 heterocycles. The van der Waals surface area contributed by atoms with Crippen molar-refractivity contribution in [2.45, 2.75) is 45.1 Å². The maximum absolute atomic E-state index is 12.2. The van der Waals surface area contributed by atoms with Gasteiger partial charge in [0.05, 0.1) is 0 Å². The average molecular weight is 297 g/mol. The van der Waals surface area contributed by atoms with Crippen LogP contribution in [0.3, 0.4) is 0 Å². The van der Waals surface area contributed by atoms with Gasteiger partial charge >= 0.3 is 12.0 Å². The summed E-state index contributed by atoms with van der Waals surface area (Å²) in [5.74, 6) is -0.0695. The van der Waals surface area contributed by atoms with Crippen LogP contribution in [0.5, 0.6) is 0 Å². The van der Waals surface area contributed by atoms with E-state index in [9.17, 15) is 9.59 Å². The number of piperazine rings is 1. The summed E-state index contributed by atoms with van der Waals surface area (Å²) < 4.78 is 0. The molecule has 0 unspecified atom stereocenters. The fourth-order valence-electron chi connectivity index (χ4n) is 2.71. The molecule has 1 aliphatic heterocycles. The minimum Gasteiger partial charge on any atom is -0.480 e. The van der Waals surface area contributed by atoms with E-state index >= 15 is 0 Å². The predicted molar refractivity (Wildman–Crippen MR) is 80.2 cm³/mol. The number of nitrogens with one attached hydrogen (secondary N) is 1. The molecule has 6 heteroatoms. The molecule has 1 atom stereocenters. The fraction of sp³-hybridized carbons (Fsp3) is 0.867. The molecule has 2 N–H and O–H groups in total. The molecule has 0 radical (unpaired) electrons. The molecule has 0 bridgehead atoms. The molecule has 0 spiro atoms. The Labute approximate surface area is 126 Å². The van der Waals surface area contributed by atoms with Crippen molar-refractivity contribution in [3.8, 4) is 0 Å². The van der Waals surface area contributed by atoms with Crippen LogP contribution in [0, 0.1) is 5.92 Å². The molecule has 6 nitrogen and oxygen atoms in total. The Kier molecular flexibility index (Phi) is 5.85. The number of carbonyl (C=O) groups excluding carboxylic acids is 1. The summed E-state index contributed by atoms with van der Waals surface area (Å²) in [6, 6.07) is -0.994. The van der Waals surface area contributed by atoms with Crippen molar-refractivity contribution in [3.05, 3.63) is 0 Å². The van der Waals surface area contributed by atoms with E-state index in [0.717, 1.165) is 38.4 Å². The van der Waals surface area contributed by atoms with Crippen molar-refractivity contribution in [3.63, 3.8) is 0 Å². The van der Waals surface area contributed by atoms with Gasteiger partial charge in [-0.05, 0) is 25.2 Å². The maximum atomic E-state index is 12.2. The van der Waals surface area contributed by atoms with E-state index in [1.165, 1.54) is 12.8 Å². The molecule has 2 aliphatic rings. The number of urea groups is 1. The summed E-state index contributed by atoms with van der Waals surface area (Å²) in [6.45, 7) is 6.36. The minimum atomic E-state index is -0.941. The first kappa shape index (κ1) is 16.1. The molecule has 0 aromatic carbocycles. The zero-order valence-electron chi connectivity index (χ0n) is 12.9. The van der Waals surface area contributed by atoms with Crippen LogP contribution in [0.15, 0.2) is 0 Å². The molecule has 2 amide bonds. The van der Waals surface area contributed by atoms with Gasteiger partial charge in [0.25, 0.3) is 0 Å². The highest BCUT2D eigenvalue weighted by molar-refractivity contribution is 5.82. The highest BCUT2D eigenvalue weighted by Crippen LogP contribution is 2.29. The normalized spacial score (nSPS) is 21.1. The number of amides is 2. The summed E-state index contributed by atoms with van der Waals surface area (Å²) in [5, 5.41) is 11.8. The Bertz CT molecular complexity index is 363. The summed E-state index contributed by atoms with van der Waals surface area (Å²) in [7, 11) is 0. The lowest BCUT2D eigenvalue weighted by Gasteiger charge is -2.35. The van der Waals surface area contributed by atoms with Crippen LogP contribution >= 0.6 is 0 Å². The summed E-state index contributed by atoms with van der Waals surface area (Å²) in [6.07, 6.45) is 4.93. The van der Waals surface area contributed by atoms with Crippen molar-refractivity contribution in [1.82, 2.24) is 15.1 Å². The molecule has 120 valence electrons. The second-order valence-corrected chi connectivity index (χ2v) is 6.21. The number of aliphatic carboxylic acids is 1. The van der Waals surface area contributed by atoms with E-state index < -0.39 is 12.0 Å². The van der Waals surface area contributed by atoms with Gasteiger partial charge in [-0.2, -0.15) is 0 Å². The van der Waals surface area contributed by atoms with Gasteiger partial charge in [0.2, 0.25) is 0 Å². The molecule has 0 aromatic heterocycles. The Balaban J connectivity index is 1.73. The number of rotatable bonds is 7. The van der Waals surface area contributed by atoms with Crippen LogP contribution in [0.1, 0.15) is 39.0 Å². The van der Waals surface area contributed by atoms with E-state index in [1.807, 2.05) is 6.92 Å². The minimum absolute atomic E-state index is 0.232. The topological polar surface area (TPSA) is 72.9 Å². The fourth-order valence-corrected chi connectivity index (χ4v) is 2.71. The summed E-state index contributed by atoms with van der Waals surface area (Å²) in [4.78, 5) is 27.5. The van der Waals surface area contributed by atoms with Crippen LogP contribution in [0.2, 0.25) is 0 Å². The number of carboxylic acid groups (broad SMARTS) is 1. The first-order valence-electron chi connectivity index (χ1n) is 8.10. The first-order valence-corrected chi connectivity index (χ1v) is 8.10. The molecule has 1 aliphatic carbocycles. The third-order valence-electron chi connectivity index (χ3n) is 4.31. The Hall–Kier alpha value is -1.30. The van der Waals surface area contributed by atoms with Gasteiger partial charge in [0, 0.05) is 32.7 Å². The van der Waals surface area contributed by atoms with Gasteiger partial charge in [-0.3, -0.25) is 4.90 Å². The van der Waals surface area contributed by atoms with Gasteiger partial charge in [0.15, 0.2) is 0 Å². The molecular formula is C15H27N3O3. The van der Waals surface area contributed by atoms with Crippen molar-refractivity contribution in [1.29, 1.82) is 0 Å². The monoisotopic (exact) mass is 297 g/mol. The number of carbonyl (C=O) groups is 2. The third kappa shape index (κ3) is 5.19. The number of hydrogen-bond donors (Lipinski definition) is 2. The lowest BCUT2D eigenvalue weighted by atomic mass is 10.1. The van der Waals surface area contributed by atoms with E-state index in [2.05, 4.69) is 10.2 Å². The largest absolute Gasteiger partial charge is 0.480 e. The van der Waals surface area contributed by atoms with E-state index in [0.29, 0.717) is 19.5 Å². The number of carboxylic acids is 1. The molecule has 1 saturated carbocycles. The van der Waals surface area contributed by atoms with Crippen molar-refractivity contribution >= 4 is 12.0 Å². The molecule has 2 rings (SSSR count). The van der Waals surface area contributed by atoms with Crippen molar-refractivity contribution in [2.24, 2.45) is 5.92 Å². The highest BCUT2D eigenvalue weighted by Gasteiger charge is 2.29. The van der Waals surface area contributed by atoms with E-state index in [4.69, 9.17) is 5.11 Å². The number of hydrogen-bond acceptors (Lipinski definition) is 3. The maximum Gasteiger partial charge on any atom is 0.326 e. The van der Waals surface area contributed by atoms with Gasteiger partial charge < -0.3 is 15.3 Å². The van der Waals surface area contributed by atoms with Crippen LogP contribution in [-0.4, -0.2) is 65.7 Å². The lowest BCUT2D eigenvalue weighted by Crippen LogP contribution is -2.54. The SMILES string of the molecule is CCCC[C@H](NC(=O)N1CCN(CC2CC2)CC1)C(=O)O. The molecule has 0 aromatic rings. The number of unbranched alkanes of at least 4 members (excludes halogenated alkanes) is 1. The second-order valence-electron chi connectivity index (χ2n) is 6.21. The molecule has 2 fully saturated rings. The zero-order valence-corrected chi connectivity index (χ0v) is 12.9. The quantitative estimate of drug-likeness (QED) is 0.744. The molecule has 1 saturated heterocycles. The van der Waals surface area contributed by atoms with Gasteiger partial charge in [0.1, 0.15) is 6.04 Å². The highest BCUT2D eigenvalue weighted by atomic mass is 16.4. The lowest BCUT2D eigenvalue weighted by molar-refractivity contribution is -0.139. The van der Waals surface area contributed by atoms with Crippen LogP contribution < -0.4 is 5.32 Å². The molecule has 21 heavy (non-hydrogen) atoms. The Morgan fingerprint density at radius 2 is 1.90 bits per heavy atom. The zero-order chi connectivity index (χ0) is 15.2. The Morgan fingerprint density at radius 3 is 2.43 bits per heavy atom. The predicted octanol–water partition coefficient (Wildman–Crippen LogP) is 1.37. The molecular weight excluding hydrogens is 270 g/mol. The van der Waals surface area contributed by atoms with Gasteiger partial charge in [-0.1, -0.05) is 19.8 Å². The van der Waals surface area contributed by atoms with E-state index in [1.54, 1.807) is 4.90 Å². The van der Waals surface area contributed by atoms with Crippen molar-refractivity contribution < 1.29 is 14.7 Å². The number of nitrogens with zero attached hydrogens (tertiary/aromatic N) is 2. The van der Waals surface area contributed by atoms with Crippen LogP contribution in [-0.2, 0) is 4.79 Å². The van der Waals surface area contributed by atoms with E-state index in [-0.39, 0.29) is 6.03 Å². The third-order valence-corrected chi connectivity index (χ3v) is 4.31. The first-order chi connectivity index (χ1) is 10.1. The average Bonchev–Trinajstić information content (AvgIpc) is 3.27. The summed E-state index contributed by atoms with van der Waals surface area (Å²) in [5.41, 5.74) is 0. The smallest absolute Gasteiger partial charge is 0.326 e. The van der Waals surface area contributed by atoms with Gasteiger partial charge in [-0.25, -0.2) is 9.59 Å². The van der Waals surface area contributed by atoms with Crippen molar-refractivity contribution in [2.75, 3.05) is 32.7 Å². The summed E-state index contributed by atoms with van der Waals surface area (Å²) >= 11 is 0. The Morgan fingerprint density at radius 1 is 1.24 bits per heavy atom. The van der Waals surface area contributed by atoms with Crippen LogP contribution in [0.25, 0.3) is 0 Å². The second kappa shape index (κ2) is 7.64. The standard InChI is InChI=1S/C15H27N3O3/c1-2-3-4-13(14(19)20)16-15(21)18-9-7-17(8-10-18)11-12-5-6-12/h12-13H,2-11H2,1H3,(H,16,21)(H,19,20)/t13-/m0/s1. The van der Waals surface area contributed by atoms with Gasteiger partial charge in [-0.15, -0.1) is 0 Å².